The van der Waals surface area contributed by atoms with Crippen molar-refractivity contribution in [3.05, 3.63) is 107 Å². The standard InChI is InChI=1S/C25H23NO5S/c27-23(20-9-5-2-6-10-20)21-13-11-19(12-14-21)16-32-17-22(24(28)29)26-25(30)31-15-18-7-3-1-4-8-18/h1-14,22H,15-17H2,(H,26,30)(H,28,29). The third kappa shape index (κ3) is 6.99. The van der Waals surface area contributed by atoms with Crippen LogP contribution in [0.3, 0.4) is 0 Å². The smallest absolute Gasteiger partial charge is 0.408 e. The number of alkyl carbamates (subject to hydrolysis) is 1. The molecule has 3 aromatic rings. The Kier molecular flexibility index (Phi) is 8.45. The molecule has 7 heteroatoms. The summed E-state index contributed by atoms with van der Waals surface area (Å²) in [6, 6.07) is 24.4. The van der Waals surface area contributed by atoms with Crippen LogP contribution in [0.2, 0.25) is 0 Å². The summed E-state index contributed by atoms with van der Waals surface area (Å²) in [6.07, 6.45) is -0.773. The van der Waals surface area contributed by atoms with E-state index in [2.05, 4.69) is 5.32 Å². The van der Waals surface area contributed by atoms with Gasteiger partial charge in [0.05, 0.1) is 0 Å². The first-order valence-corrected chi connectivity index (χ1v) is 11.1. The molecule has 2 N–H and O–H groups in total. The highest BCUT2D eigenvalue weighted by atomic mass is 32.2. The lowest BCUT2D eigenvalue weighted by Crippen LogP contribution is -2.42. The second-order valence-corrected chi connectivity index (χ2v) is 8.03. The fraction of sp³-hybridized carbons (Fsp3) is 0.160. The first-order valence-electron chi connectivity index (χ1n) is 9.99. The Hall–Kier alpha value is -3.58. The minimum absolute atomic E-state index is 0.0473. The summed E-state index contributed by atoms with van der Waals surface area (Å²) in [6.45, 7) is 0.0696. The van der Waals surface area contributed by atoms with E-state index in [-0.39, 0.29) is 18.1 Å². The molecule has 164 valence electrons. The number of carboxylic acid groups (broad SMARTS) is 1. The van der Waals surface area contributed by atoms with E-state index in [1.807, 2.05) is 60.7 Å². The molecule has 0 aliphatic heterocycles. The van der Waals surface area contributed by atoms with Gasteiger partial charge in [-0.15, -0.1) is 0 Å². The lowest BCUT2D eigenvalue weighted by atomic mass is 10.0. The third-order valence-electron chi connectivity index (χ3n) is 4.61. The van der Waals surface area contributed by atoms with Gasteiger partial charge in [-0.1, -0.05) is 84.9 Å². The van der Waals surface area contributed by atoms with Gasteiger partial charge in [-0.05, 0) is 11.1 Å². The Morgan fingerprint density at radius 1 is 0.812 bits per heavy atom. The Morgan fingerprint density at radius 3 is 2.03 bits per heavy atom. The molecule has 0 radical (unpaired) electrons. The van der Waals surface area contributed by atoms with Crippen molar-refractivity contribution in [2.45, 2.75) is 18.4 Å². The minimum Gasteiger partial charge on any atom is -0.480 e. The van der Waals surface area contributed by atoms with Gasteiger partial charge in [-0.3, -0.25) is 4.79 Å². The van der Waals surface area contributed by atoms with Crippen LogP contribution in [0, 0.1) is 0 Å². The van der Waals surface area contributed by atoms with Gasteiger partial charge in [0.15, 0.2) is 5.78 Å². The molecule has 0 saturated heterocycles. The van der Waals surface area contributed by atoms with Crippen LogP contribution in [0.1, 0.15) is 27.0 Å². The van der Waals surface area contributed by atoms with Crippen LogP contribution in [-0.2, 0) is 21.9 Å². The predicted octanol–water partition coefficient (Wildman–Crippen LogP) is 4.53. The molecule has 1 unspecified atom stereocenters. The summed E-state index contributed by atoms with van der Waals surface area (Å²) >= 11 is 1.37. The maximum Gasteiger partial charge on any atom is 0.408 e. The van der Waals surface area contributed by atoms with Gasteiger partial charge in [-0.2, -0.15) is 11.8 Å². The average molecular weight is 450 g/mol. The fourth-order valence-electron chi connectivity index (χ4n) is 2.88. The van der Waals surface area contributed by atoms with Crippen molar-refractivity contribution < 1.29 is 24.2 Å². The van der Waals surface area contributed by atoms with Crippen LogP contribution in [0.25, 0.3) is 0 Å². The largest absolute Gasteiger partial charge is 0.480 e. The number of hydrogen-bond donors (Lipinski definition) is 2. The average Bonchev–Trinajstić information content (AvgIpc) is 2.83. The molecule has 0 spiro atoms. The molecule has 0 heterocycles. The Balaban J connectivity index is 1.46. The molecule has 0 aliphatic carbocycles. The van der Waals surface area contributed by atoms with Gasteiger partial charge in [0, 0.05) is 22.6 Å². The van der Waals surface area contributed by atoms with E-state index in [4.69, 9.17) is 4.74 Å². The quantitative estimate of drug-likeness (QED) is 0.442. The van der Waals surface area contributed by atoms with Gasteiger partial charge in [-0.25, -0.2) is 9.59 Å². The van der Waals surface area contributed by atoms with Crippen LogP contribution >= 0.6 is 11.8 Å². The molecule has 32 heavy (non-hydrogen) atoms. The number of hydrogen-bond acceptors (Lipinski definition) is 5. The molecular weight excluding hydrogens is 426 g/mol. The molecule has 3 aromatic carbocycles. The molecule has 1 atom stereocenters. The second-order valence-electron chi connectivity index (χ2n) is 7.00. The minimum atomic E-state index is -1.13. The Bertz CT molecular complexity index is 1040. The van der Waals surface area contributed by atoms with Crippen LogP contribution in [-0.4, -0.2) is 34.7 Å². The van der Waals surface area contributed by atoms with E-state index in [1.165, 1.54) is 11.8 Å². The van der Waals surface area contributed by atoms with E-state index < -0.39 is 18.1 Å². The van der Waals surface area contributed by atoms with E-state index >= 15 is 0 Å². The van der Waals surface area contributed by atoms with Crippen molar-refractivity contribution in [2.75, 3.05) is 5.75 Å². The molecule has 0 bridgehead atoms. The van der Waals surface area contributed by atoms with Crippen molar-refractivity contribution in [1.29, 1.82) is 0 Å². The monoisotopic (exact) mass is 449 g/mol. The number of rotatable bonds is 10. The number of amides is 1. The van der Waals surface area contributed by atoms with Crippen LogP contribution < -0.4 is 5.32 Å². The van der Waals surface area contributed by atoms with E-state index in [0.717, 1.165) is 11.1 Å². The number of ketones is 1. The number of carboxylic acids is 1. The van der Waals surface area contributed by atoms with Gasteiger partial charge < -0.3 is 15.2 Å². The molecule has 1 amide bonds. The van der Waals surface area contributed by atoms with Crippen molar-refractivity contribution >= 4 is 29.6 Å². The molecule has 6 nitrogen and oxygen atoms in total. The van der Waals surface area contributed by atoms with Crippen molar-refractivity contribution in [2.24, 2.45) is 0 Å². The van der Waals surface area contributed by atoms with Crippen molar-refractivity contribution in [3.63, 3.8) is 0 Å². The SMILES string of the molecule is O=C(NC(CSCc1ccc(C(=O)c2ccccc2)cc1)C(=O)O)OCc1ccccc1. The van der Waals surface area contributed by atoms with Gasteiger partial charge in [0.2, 0.25) is 0 Å². The highest BCUT2D eigenvalue weighted by molar-refractivity contribution is 7.98. The van der Waals surface area contributed by atoms with Crippen molar-refractivity contribution in [3.8, 4) is 0 Å². The van der Waals surface area contributed by atoms with Gasteiger partial charge in [0.25, 0.3) is 0 Å². The van der Waals surface area contributed by atoms with E-state index in [0.29, 0.717) is 16.9 Å². The summed E-state index contributed by atoms with van der Waals surface area (Å²) in [4.78, 5) is 35.9. The molecule has 0 saturated carbocycles. The molecular formula is C25H23NO5S. The number of carbonyl (C=O) groups is 3. The lowest BCUT2D eigenvalue weighted by molar-refractivity contribution is -0.138. The fourth-order valence-corrected chi connectivity index (χ4v) is 3.89. The van der Waals surface area contributed by atoms with Crippen LogP contribution in [0.15, 0.2) is 84.9 Å². The zero-order valence-corrected chi connectivity index (χ0v) is 18.1. The Morgan fingerprint density at radius 2 is 1.41 bits per heavy atom. The van der Waals surface area contributed by atoms with Crippen LogP contribution in [0.4, 0.5) is 4.79 Å². The lowest BCUT2D eigenvalue weighted by Gasteiger charge is -2.14. The maximum absolute atomic E-state index is 12.5. The number of aliphatic carboxylic acids is 1. The number of nitrogens with one attached hydrogen (secondary N) is 1. The molecule has 3 rings (SSSR count). The highest BCUT2D eigenvalue weighted by Gasteiger charge is 2.20. The summed E-state index contributed by atoms with van der Waals surface area (Å²) in [5, 5.41) is 11.8. The topological polar surface area (TPSA) is 92.7 Å². The van der Waals surface area contributed by atoms with Crippen LogP contribution in [0.5, 0.6) is 0 Å². The van der Waals surface area contributed by atoms with E-state index in [1.54, 1.807) is 24.3 Å². The van der Waals surface area contributed by atoms with Crippen molar-refractivity contribution in [1.82, 2.24) is 5.32 Å². The number of carbonyl (C=O) groups excluding carboxylic acids is 2. The number of benzene rings is 3. The van der Waals surface area contributed by atoms with Gasteiger partial charge in [0.1, 0.15) is 12.6 Å². The number of thioether (sulfide) groups is 1. The summed E-state index contributed by atoms with van der Waals surface area (Å²) in [5.41, 5.74) is 2.99. The zero-order valence-electron chi connectivity index (χ0n) is 17.3. The maximum atomic E-state index is 12.5. The summed E-state index contributed by atoms with van der Waals surface area (Å²) in [7, 11) is 0. The third-order valence-corrected chi connectivity index (χ3v) is 5.71. The normalized spacial score (nSPS) is 11.4. The molecule has 0 aromatic heterocycles. The Labute approximate surface area is 190 Å². The van der Waals surface area contributed by atoms with E-state index in [9.17, 15) is 19.5 Å². The summed E-state index contributed by atoms with van der Waals surface area (Å²) < 4.78 is 5.09. The predicted molar refractivity (Wildman–Crippen MR) is 124 cm³/mol. The summed E-state index contributed by atoms with van der Waals surface area (Å²) in [5.74, 6) is -0.447. The second kappa shape index (κ2) is 11.7. The number of ether oxygens (including phenoxy) is 1. The first kappa shape index (κ1) is 23.1. The molecule has 0 aliphatic rings. The zero-order chi connectivity index (χ0) is 22.8. The highest BCUT2D eigenvalue weighted by Crippen LogP contribution is 2.16. The van der Waals surface area contributed by atoms with Gasteiger partial charge >= 0.3 is 12.1 Å². The first-order chi connectivity index (χ1) is 15.5. The molecule has 0 fully saturated rings.